The normalized spacial score (nSPS) is 36.9. The Morgan fingerprint density at radius 2 is 2.25 bits per heavy atom. The van der Waals surface area contributed by atoms with Gasteiger partial charge in [-0.05, 0) is 54.0 Å². The number of hydrogen-bond donors (Lipinski definition) is 2. The Morgan fingerprint density at radius 1 is 1.44 bits per heavy atom. The van der Waals surface area contributed by atoms with Crippen molar-refractivity contribution in [1.29, 1.82) is 0 Å². The maximum absolute atomic E-state index is 9.58. The summed E-state index contributed by atoms with van der Waals surface area (Å²) in [5, 5.41) is 13.2. The highest BCUT2D eigenvalue weighted by Gasteiger charge is 2.44. The molecule has 0 aromatic heterocycles. The largest absolute Gasteiger partial charge is 0.508 e. The highest BCUT2D eigenvalue weighted by Crippen LogP contribution is 2.50. The monoisotopic (exact) mass is 217 g/mol. The Hall–Kier alpha value is -1.02. The molecule has 0 radical (unpaired) electrons. The fourth-order valence-electron chi connectivity index (χ4n) is 3.43. The summed E-state index contributed by atoms with van der Waals surface area (Å²) in [4.78, 5) is 0. The molecule has 1 fully saturated rings. The van der Waals surface area contributed by atoms with Gasteiger partial charge >= 0.3 is 0 Å². The fourth-order valence-corrected chi connectivity index (χ4v) is 3.43. The molecular formula is C14H19NO. The van der Waals surface area contributed by atoms with Crippen molar-refractivity contribution in [2.45, 2.75) is 32.7 Å². The van der Waals surface area contributed by atoms with Gasteiger partial charge in [-0.3, -0.25) is 0 Å². The first-order valence-corrected chi connectivity index (χ1v) is 6.15. The first kappa shape index (κ1) is 10.2. The first-order valence-electron chi connectivity index (χ1n) is 6.15. The smallest absolute Gasteiger partial charge is 0.115 e. The van der Waals surface area contributed by atoms with E-state index in [4.69, 9.17) is 0 Å². The number of aromatic hydroxyl groups is 1. The molecule has 1 aromatic rings. The van der Waals surface area contributed by atoms with E-state index in [0.717, 1.165) is 13.0 Å². The van der Waals surface area contributed by atoms with Crippen LogP contribution < -0.4 is 5.32 Å². The summed E-state index contributed by atoms with van der Waals surface area (Å²) in [6.07, 6.45) is 2.34. The maximum atomic E-state index is 9.58. The number of nitrogens with one attached hydrogen (secondary N) is 1. The zero-order valence-electron chi connectivity index (χ0n) is 9.96. The molecule has 1 heterocycles. The van der Waals surface area contributed by atoms with Crippen LogP contribution in [0.3, 0.4) is 0 Å². The molecule has 0 amide bonds. The van der Waals surface area contributed by atoms with E-state index in [2.05, 4.69) is 25.2 Å². The van der Waals surface area contributed by atoms with Crippen LogP contribution in [0.1, 0.15) is 37.4 Å². The zero-order valence-corrected chi connectivity index (χ0v) is 9.96. The fraction of sp³-hybridized carbons (Fsp3) is 0.571. The zero-order chi connectivity index (χ0) is 11.3. The Labute approximate surface area is 96.7 Å². The minimum atomic E-state index is 0.398. The van der Waals surface area contributed by atoms with Crippen molar-refractivity contribution in [2.24, 2.45) is 11.3 Å². The maximum Gasteiger partial charge on any atom is 0.115 e. The van der Waals surface area contributed by atoms with Crippen LogP contribution in [0.5, 0.6) is 5.75 Å². The van der Waals surface area contributed by atoms with Crippen LogP contribution in [-0.2, 0) is 6.42 Å². The Morgan fingerprint density at radius 3 is 3.06 bits per heavy atom. The van der Waals surface area contributed by atoms with Crippen LogP contribution in [0.2, 0.25) is 0 Å². The van der Waals surface area contributed by atoms with E-state index in [1.165, 1.54) is 17.5 Å². The van der Waals surface area contributed by atoms with E-state index in [0.29, 0.717) is 23.1 Å². The van der Waals surface area contributed by atoms with E-state index in [1.54, 1.807) is 0 Å². The third-order valence-corrected chi connectivity index (χ3v) is 4.72. The summed E-state index contributed by atoms with van der Waals surface area (Å²) in [7, 11) is 0. The minimum Gasteiger partial charge on any atom is -0.508 e. The summed E-state index contributed by atoms with van der Waals surface area (Å²) in [6, 6.07) is 6.32. The highest BCUT2D eigenvalue weighted by atomic mass is 16.3. The number of fused-ring (bicyclic) bond motifs is 4. The van der Waals surface area contributed by atoms with Crippen molar-refractivity contribution in [2.75, 3.05) is 6.54 Å². The second-order valence-electron chi connectivity index (χ2n) is 5.68. The van der Waals surface area contributed by atoms with Crippen molar-refractivity contribution in [3.63, 3.8) is 0 Å². The molecule has 2 aliphatic rings. The third-order valence-electron chi connectivity index (χ3n) is 4.72. The Balaban J connectivity index is 2.13. The first-order chi connectivity index (χ1) is 7.60. The van der Waals surface area contributed by atoms with Gasteiger partial charge in [0.2, 0.25) is 0 Å². The third kappa shape index (κ3) is 1.29. The molecule has 1 aliphatic heterocycles. The molecule has 1 saturated heterocycles. The van der Waals surface area contributed by atoms with E-state index in [-0.39, 0.29) is 0 Å². The van der Waals surface area contributed by atoms with E-state index in [1.807, 2.05) is 12.1 Å². The number of rotatable bonds is 0. The van der Waals surface area contributed by atoms with Gasteiger partial charge in [0, 0.05) is 6.04 Å². The molecule has 0 saturated carbocycles. The standard InChI is InChI=1S/C14H19NO/c1-9-13-12-4-3-11(16)7-10(12)8-14(9,2)5-6-15-13/h3-4,7,9,13,15-16H,5-6,8H2,1-2H3/t9?,13-,14+/m0/s1. The highest BCUT2D eigenvalue weighted by molar-refractivity contribution is 5.40. The van der Waals surface area contributed by atoms with Crippen LogP contribution in [-0.4, -0.2) is 11.7 Å². The average Bonchev–Trinajstić information content (AvgIpc) is 2.21. The molecule has 3 atom stereocenters. The van der Waals surface area contributed by atoms with Gasteiger partial charge in [-0.15, -0.1) is 0 Å². The number of phenolic OH excluding ortho intramolecular Hbond substituents is 1. The molecule has 0 spiro atoms. The molecule has 2 nitrogen and oxygen atoms in total. The lowest BCUT2D eigenvalue weighted by molar-refractivity contribution is 0.0837. The minimum absolute atomic E-state index is 0.398. The molecule has 1 aromatic carbocycles. The predicted molar refractivity (Wildman–Crippen MR) is 64.4 cm³/mol. The molecule has 2 N–H and O–H groups in total. The lowest BCUT2D eigenvalue weighted by Gasteiger charge is -2.50. The van der Waals surface area contributed by atoms with Gasteiger partial charge in [-0.25, -0.2) is 0 Å². The van der Waals surface area contributed by atoms with Crippen molar-refractivity contribution in [3.8, 4) is 5.75 Å². The number of benzene rings is 1. The van der Waals surface area contributed by atoms with Crippen molar-refractivity contribution in [3.05, 3.63) is 29.3 Å². The van der Waals surface area contributed by atoms with E-state index >= 15 is 0 Å². The average molecular weight is 217 g/mol. The second-order valence-corrected chi connectivity index (χ2v) is 5.68. The number of piperidine rings is 1. The summed E-state index contributed by atoms with van der Waals surface area (Å²) in [5.74, 6) is 1.08. The van der Waals surface area contributed by atoms with Crippen LogP contribution in [0, 0.1) is 11.3 Å². The van der Waals surface area contributed by atoms with Gasteiger partial charge in [0.1, 0.15) is 5.75 Å². The molecule has 3 rings (SSSR count). The van der Waals surface area contributed by atoms with Gasteiger partial charge < -0.3 is 10.4 Å². The molecular weight excluding hydrogens is 198 g/mol. The number of phenols is 1. The predicted octanol–water partition coefficient (Wildman–Crippen LogP) is 2.63. The quantitative estimate of drug-likeness (QED) is 0.700. The van der Waals surface area contributed by atoms with Crippen molar-refractivity contribution in [1.82, 2.24) is 5.32 Å². The summed E-state index contributed by atoms with van der Waals surface area (Å²) >= 11 is 0. The van der Waals surface area contributed by atoms with Gasteiger partial charge in [0.25, 0.3) is 0 Å². The van der Waals surface area contributed by atoms with Gasteiger partial charge in [0.05, 0.1) is 0 Å². The summed E-state index contributed by atoms with van der Waals surface area (Å²) < 4.78 is 0. The van der Waals surface area contributed by atoms with E-state index < -0.39 is 0 Å². The van der Waals surface area contributed by atoms with Crippen LogP contribution in [0.4, 0.5) is 0 Å². The lowest BCUT2D eigenvalue weighted by Crippen LogP contribution is -2.49. The van der Waals surface area contributed by atoms with Gasteiger partial charge in [-0.1, -0.05) is 19.9 Å². The van der Waals surface area contributed by atoms with Crippen molar-refractivity contribution >= 4 is 0 Å². The Bertz CT molecular complexity index is 429. The Kier molecular flexibility index (Phi) is 2.05. The van der Waals surface area contributed by atoms with Crippen molar-refractivity contribution < 1.29 is 5.11 Å². The SMILES string of the molecule is CC1[C@@H]2NCC[C@]1(C)Cc1cc(O)ccc12. The molecule has 1 unspecified atom stereocenters. The van der Waals surface area contributed by atoms with E-state index in [9.17, 15) is 5.11 Å². The van der Waals surface area contributed by atoms with Gasteiger partial charge in [0.15, 0.2) is 0 Å². The topological polar surface area (TPSA) is 32.3 Å². The second kappa shape index (κ2) is 3.24. The molecule has 2 bridgehead atoms. The van der Waals surface area contributed by atoms with Crippen LogP contribution >= 0.6 is 0 Å². The summed E-state index contributed by atoms with van der Waals surface area (Å²) in [5.41, 5.74) is 3.12. The van der Waals surface area contributed by atoms with Gasteiger partial charge in [-0.2, -0.15) is 0 Å². The molecule has 16 heavy (non-hydrogen) atoms. The van der Waals surface area contributed by atoms with Crippen LogP contribution in [0.25, 0.3) is 0 Å². The molecule has 2 heteroatoms. The molecule has 86 valence electrons. The number of hydrogen-bond acceptors (Lipinski definition) is 2. The molecule has 1 aliphatic carbocycles. The van der Waals surface area contributed by atoms with Crippen LogP contribution in [0.15, 0.2) is 18.2 Å². The lowest BCUT2D eigenvalue weighted by atomic mass is 9.60. The summed E-state index contributed by atoms with van der Waals surface area (Å²) in [6.45, 7) is 5.86.